The van der Waals surface area contributed by atoms with Gasteiger partial charge in [-0.3, -0.25) is 4.68 Å². The van der Waals surface area contributed by atoms with Crippen LogP contribution < -0.4 is 4.90 Å². The van der Waals surface area contributed by atoms with Gasteiger partial charge < -0.3 is 4.90 Å². The first kappa shape index (κ1) is 19.9. The number of nitrogens with zero attached hydrogens (tertiary/aromatic N) is 3. The predicted octanol–water partition coefficient (Wildman–Crippen LogP) is 5.99. The highest BCUT2D eigenvalue weighted by molar-refractivity contribution is 7.99. The van der Waals surface area contributed by atoms with Crippen LogP contribution in [0.15, 0.2) is 59.6 Å². The zero-order valence-electron chi connectivity index (χ0n) is 16.3. The molecule has 29 heavy (non-hydrogen) atoms. The van der Waals surface area contributed by atoms with E-state index < -0.39 is 11.7 Å². The Hall–Kier alpha value is -2.41. The van der Waals surface area contributed by atoms with Crippen molar-refractivity contribution in [2.75, 3.05) is 11.4 Å². The van der Waals surface area contributed by atoms with Gasteiger partial charge in [0.05, 0.1) is 16.9 Å². The van der Waals surface area contributed by atoms with Crippen LogP contribution in [0.3, 0.4) is 0 Å². The Balaban J connectivity index is 1.64. The van der Waals surface area contributed by atoms with Crippen molar-refractivity contribution in [2.45, 2.75) is 36.2 Å². The third-order valence-corrected chi connectivity index (χ3v) is 6.59. The molecule has 1 aliphatic heterocycles. The lowest BCUT2D eigenvalue weighted by atomic mass is 10.1. The minimum atomic E-state index is -4.33. The number of halogens is 3. The molecular formula is C22H22F3N3S. The Morgan fingerprint density at radius 1 is 1.14 bits per heavy atom. The number of anilines is 1. The SMILES string of the molecule is Cc1nn(C)cc1CN1CC[C@@H](c2cccc(C(F)(F)F)c2)Sc2ccccc21. The molecule has 0 amide bonds. The summed E-state index contributed by atoms with van der Waals surface area (Å²) in [6, 6.07) is 13.9. The van der Waals surface area contributed by atoms with Gasteiger partial charge in [0.15, 0.2) is 0 Å². The van der Waals surface area contributed by atoms with Crippen LogP contribution >= 0.6 is 11.8 Å². The van der Waals surface area contributed by atoms with Crippen LogP contribution in [0, 0.1) is 6.92 Å². The van der Waals surface area contributed by atoms with Gasteiger partial charge in [-0.1, -0.05) is 30.3 Å². The number of aryl methyl sites for hydroxylation is 2. The lowest BCUT2D eigenvalue weighted by molar-refractivity contribution is -0.137. The smallest absolute Gasteiger partial charge is 0.366 e. The molecule has 152 valence electrons. The predicted molar refractivity (Wildman–Crippen MR) is 110 cm³/mol. The van der Waals surface area contributed by atoms with Crippen LogP contribution in [0.5, 0.6) is 0 Å². The summed E-state index contributed by atoms with van der Waals surface area (Å²) in [5, 5.41) is 4.40. The summed E-state index contributed by atoms with van der Waals surface area (Å²) in [4.78, 5) is 3.40. The van der Waals surface area contributed by atoms with Gasteiger partial charge in [-0.2, -0.15) is 18.3 Å². The van der Waals surface area contributed by atoms with E-state index in [9.17, 15) is 13.2 Å². The molecule has 0 radical (unpaired) electrons. The molecule has 0 saturated carbocycles. The molecule has 0 fully saturated rings. The number of alkyl halides is 3. The minimum absolute atomic E-state index is 0.0292. The topological polar surface area (TPSA) is 21.1 Å². The molecule has 7 heteroatoms. The van der Waals surface area contributed by atoms with Crippen molar-refractivity contribution in [3.05, 3.63) is 77.1 Å². The molecule has 3 aromatic rings. The average molecular weight is 418 g/mol. The van der Waals surface area contributed by atoms with Crippen LogP contribution in [0.4, 0.5) is 18.9 Å². The Kier molecular flexibility index (Phi) is 5.34. The Labute approximate surface area is 172 Å². The maximum atomic E-state index is 13.2. The Bertz CT molecular complexity index is 1010. The van der Waals surface area contributed by atoms with Gasteiger partial charge in [0.1, 0.15) is 0 Å². The lowest BCUT2D eigenvalue weighted by Crippen LogP contribution is -2.24. The summed E-state index contributed by atoms with van der Waals surface area (Å²) in [5.41, 5.74) is 3.41. The molecule has 1 aromatic heterocycles. The van der Waals surface area contributed by atoms with Crippen LogP contribution in [0.1, 0.15) is 34.1 Å². The van der Waals surface area contributed by atoms with E-state index in [1.165, 1.54) is 12.1 Å². The third-order valence-electron chi connectivity index (χ3n) is 5.20. The zero-order valence-corrected chi connectivity index (χ0v) is 17.1. The van der Waals surface area contributed by atoms with E-state index in [1.54, 1.807) is 17.8 Å². The number of benzene rings is 2. The van der Waals surface area contributed by atoms with Gasteiger partial charge in [-0.25, -0.2) is 0 Å². The second-order valence-corrected chi connectivity index (χ2v) is 8.57. The third kappa shape index (κ3) is 4.29. The summed E-state index contributed by atoms with van der Waals surface area (Å²) in [6.45, 7) is 3.49. The molecule has 0 N–H and O–H groups in total. The molecule has 0 spiro atoms. The number of hydrogen-bond acceptors (Lipinski definition) is 3. The van der Waals surface area contributed by atoms with Crippen LogP contribution in [-0.2, 0) is 19.8 Å². The maximum absolute atomic E-state index is 13.2. The van der Waals surface area contributed by atoms with E-state index >= 15 is 0 Å². The number of rotatable bonds is 3. The number of aromatic nitrogens is 2. The number of para-hydroxylation sites is 1. The van der Waals surface area contributed by atoms with E-state index in [-0.39, 0.29) is 5.25 Å². The second kappa shape index (κ2) is 7.78. The first-order valence-electron chi connectivity index (χ1n) is 9.48. The molecule has 1 aliphatic rings. The van der Waals surface area contributed by atoms with E-state index in [1.807, 2.05) is 37.0 Å². The number of thioether (sulfide) groups is 1. The molecular weight excluding hydrogens is 395 g/mol. The van der Waals surface area contributed by atoms with Gasteiger partial charge in [0.25, 0.3) is 0 Å². The molecule has 0 unspecified atom stereocenters. The fourth-order valence-electron chi connectivity index (χ4n) is 3.75. The van der Waals surface area contributed by atoms with Gasteiger partial charge in [-0.15, -0.1) is 11.8 Å². The molecule has 3 nitrogen and oxygen atoms in total. The highest BCUT2D eigenvalue weighted by atomic mass is 32.2. The molecule has 0 bridgehead atoms. The largest absolute Gasteiger partial charge is 0.416 e. The summed E-state index contributed by atoms with van der Waals surface area (Å²) in [5.74, 6) is 0. The van der Waals surface area contributed by atoms with Crippen molar-refractivity contribution in [1.29, 1.82) is 0 Å². The van der Waals surface area contributed by atoms with Gasteiger partial charge >= 0.3 is 6.18 Å². The first-order valence-corrected chi connectivity index (χ1v) is 10.4. The van der Waals surface area contributed by atoms with Crippen molar-refractivity contribution < 1.29 is 13.2 Å². The van der Waals surface area contributed by atoms with Crippen LogP contribution in [0.2, 0.25) is 0 Å². The van der Waals surface area contributed by atoms with Crippen LogP contribution in [-0.4, -0.2) is 16.3 Å². The molecule has 0 saturated heterocycles. The standard InChI is InChI=1S/C22H22F3N3S/c1-15-17(13-27(2)26-15)14-28-11-10-20(29-21-9-4-3-8-19(21)28)16-6-5-7-18(12-16)22(23,24)25/h3-9,12-13,20H,10-11,14H2,1-2H3/t20-/m0/s1. The molecule has 2 aromatic carbocycles. The molecule has 0 aliphatic carbocycles. The van der Waals surface area contributed by atoms with Gasteiger partial charge in [0, 0.05) is 42.0 Å². The van der Waals surface area contributed by atoms with Crippen molar-refractivity contribution in [2.24, 2.45) is 7.05 Å². The fourth-order valence-corrected chi connectivity index (χ4v) is 5.04. The Morgan fingerprint density at radius 3 is 2.66 bits per heavy atom. The fraction of sp³-hybridized carbons (Fsp3) is 0.318. The zero-order chi connectivity index (χ0) is 20.6. The summed E-state index contributed by atoms with van der Waals surface area (Å²) in [6.07, 6.45) is -1.53. The Morgan fingerprint density at radius 2 is 1.93 bits per heavy atom. The van der Waals surface area contributed by atoms with E-state index in [0.29, 0.717) is 0 Å². The normalized spacial score (nSPS) is 17.1. The minimum Gasteiger partial charge on any atom is -0.366 e. The van der Waals surface area contributed by atoms with E-state index in [2.05, 4.69) is 22.1 Å². The van der Waals surface area contributed by atoms with Gasteiger partial charge in [0.2, 0.25) is 0 Å². The molecule has 1 atom stereocenters. The van der Waals surface area contributed by atoms with Gasteiger partial charge in [-0.05, 0) is 37.1 Å². The highest BCUT2D eigenvalue weighted by Gasteiger charge is 2.32. The number of hydrogen-bond donors (Lipinski definition) is 0. The molecule has 4 rings (SSSR count). The maximum Gasteiger partial charge on any atom is 0.416 e. The van der Waals surface area contributed by atoms with Crippen molar-refractivity contribution in [3.8, 4) is 0 Å². The second-order valence-electron chi connectivity index (χ2n) is 7.32. The molecule has 2 heterocycles. The summed E-state index contributed by atoms with van der Waals surface area (Å²) in [7, 11) is 1.91. The van der Waals surface area contributed by atoms with E-state index in [0.717, 1.165) is 53.0 Å². The van der Waals surface area contributed by atoms with Crippen LogP contribution in [0.25, 0.3) is 0 Å². The summed E-state index contributed by atoms with van der Waals surface area (Å²) >= 11 is 1.64. The first-order chi connectivity index (χ1) is 13.8. The van der Waals surface area contributed by atoms with Crippen molar-refractivity contribution in [1.82, 2.24) is 9.78 Å². The summed E-state index contributed by atoms with van der Waals surface area (Å²) < 4.78 is 41.3. The average Bonchev–Trinajstić information content (AvgIpc) is 2.89. The monoisotopic (exact) mass is 417 g/mol. The van der Waals surface area contributed by atoms with Crippen molar-refractivity contribution in [3.63, 3.8) is 0 Å². The van der Waals surface area contributed by atoms with E-state index in [4.69, 9.17) is 0 Å². The van der Waals surface area contributed by atoms with Crippen molar-refractivity contribution >= 4 is 17.4 Å². The lowest BCUT2D eigenvalue weighted by Gasteiger charge is -2.24. The quantitative estimate of drug-likeness (QED) is 0.522. The number of fused-ring (bicyclic) bond motifs is 1. The highest BCUT2D eigenvalue weighted by Crippen LogP contribution is 2.46.